The molecule has 3 rings (SSSR count). The first-order chi connectivity index (χ1) is 13.9. The Hall–Kier alpha value is -3.38. The molecule has 1 N–H and O–H groups in total. The molecule has 0 aliphatic carbocycles. The molecule has 0 bridgehead atoms. The van der Waals surface area contributed by atoms with Crippen LogP contribution in [0.15, 0.2) is 60.7 Å². The van der Waals surface area contributed by atoms with Gasteiger partial charge in [0.25, 0.3) is 5.91 Å². The number of anilines is 1. The SMILES string of the molecule is Cc1nn(-c2ccccc2)c(C)c1/C=C/C(=O)OCC(=O)Nc1cccc(Cl)c1. The predicted octanol–water partition coefficient (Wildman–Crippen LogP) is 4.34. The molecule has 0 fully saturated rings. The van der Waals surface area contributed by atoms with Gasteiger partial charge < -0.3 is 10.1 Å². The van der Waals surface area contributed by atoms with E-state index in [0.717, 1.165) is 22.6 Å². The van der Waals surface area contributed by atoms with Gasteiger partial charge >= 0.3 is 5.97 Å². The van der Waals surface area contributed by atoms with Crippen molar-refractivity contribution in [3.63, 3.8) is 0 Å². The Labute approximate surface area is 173 Å². The minimum Gasteiger partial charge on any atom is -0.452 e. The van der Waals surface area contributed by atoms with Crippen molar-refractivity contribution in [3.05, 3.63) is 82.6 Å². The van der Waals surface area contributed by atoms with E-state index >= 15 is 0 Å². The van der Waals surface area contributed by atoms with Gasteiger partial charge in [-0.05, 0) is 50.3 Å². The summed E-state index contributed by atoms with van der Waals surface area (Å²) in [5.74, 6) is -1.06. The Balaban J connectivity index is 1.59. The molecule has 0 radical (unpaired) electrons. The first-order valence-electron chi connectivity index (χ1n) is 8.96. The van der Waals surface area contributed by atoms with E-state index in [1.54, 1.807) is 30.3 Å². The van der Waals surface area contributed by atoms with Crippen molar-refractivity contribution in [2.75, 3.05) is 11.9 Å². The Morgan fingerprint density at radius 2 is 1.90 bits per heavy atom. The van der Waals surface area contributed by atoms with E-state index in [1.165, 1.54) is 6.08 Å². The van der Waals surface area contributed by atoms with Crippen LogP contribution in [0.4, 0.5) is 5.69 Å². The van der Waals surface area contributed by atoms with Crippen molar-refractivity contribution >= 4 is 35.2 Å². The average Bonchev–Trinajstić information content (AvgIpc) is 2.99. The molecule has 2 aromatic carbocycles. The predicted molar refractivity (Wildman–Crippen MR) is 113 cm³/mol. The summed E-state index contributed by atoms with van der Waals surface area (Å²) in [4.78, 5) is 23.9. The molecule has 6 nitrogen and oxygen atoms in total. The maximum Gasteiger partial charge on any atom is 0.331 e. The number of ether oxygens (including phenoxy) is 1. The van der Waals surface area contributed by atoms with Crippen LogP contribution in [-0.4, -0.2) is 28.3 Å². The van der Waals surface area contributed by atoms with Crippen LogP contribution in [-0.2, 0) is 14.3 Å². The molecule has 7 heteroatoms. The van der Waals surface area contributed by atoms with Crippen LogP contribution in [0.5, 0.6) is 0 Å². The Morgan fingerprint density at radius 1 is 1.14 bits per heavy atom. The number of carbonyl (C=O) groups is 2. The molecule has 0 saturated carbocycles. The Kier molecular flexibility index (Phi) is 6.46. The quantitative estimate of drug-likeness (QED) is 0.485. The van der Waals surface area contributed by atoms with Crippen LogP contribution in [0.3, 0.4) is 0 Å². The summed E-state index contributed by atoms with van der Waals surface area (Å²) in [6.45, 7) is 3.41. The van der Waals surface area contributed by atoms with E-state index in [0.29, 0.717) is 10.7 Å². The zero-order chi connectivity index (χ0) is 20.8. The molecular formula is C22H20ClN3O3. The lowest BCUT2D eigenvalue weighted by Crippen LogP contribution is -2.20. The number of rotatable bonds is 6. The van der Waals surface area contributed by atoms with E-state index < -0.39 is 18.5 Å². The summed E-state index contributed by atoms with van der Waals surface area (Å²) in [6, 6.07) is 16.5. The number of benzene rings is 2. The highest BCUT2D eigenvalue weighted by Gasteiger charge is 2.11. The molecule has 3 aromatic rings. The van der Waals surface area contributed by atoms with Gasteiger partial charge in [0.15, 0.2) is 6.61 Å². The topological polar surface area (TPSA) is 73.2 Å². The molecule has 1 heterocycles. The van der Waals surface area contributed by atoms with E-state index in [-0.39, 0.29) is 0 Å². The van der Waals surface area contributed by atoms with Crippen LogP contribution in [0, 0.1) is 13.8 Å². The number of aryl methyl sites for hydroxylation is 1. The smallest absolute Gasteiger partial charge is 0.331 e. The Bertz CT molecular complexity index is 1060. The lowest BCUT2D eigenvalue weighted by molar-refractivity contribution is -0.142. The first kappa shape index (κ1) is 20.4. The van der Waals surface area contributed by atoms with E-state index in [1.807, 2.05) is 48.9 Å². The van der Waals surface area contributed by atoms with Gasteiger partial charge in [-0.3, -0.25) is 4.79 Å². The van der Waals surface area contributed by atoms with E-state index in [2.05, 4.69) is 10.4 Å². The number of nitrogens with one attached hydrogen (secondary N) is 1. The van der Waals surface area contributed by atoms with Gasteiger partial charge in [-0.2, -0.15) is 5.10 Å². The highest BCUT2D eigenvalue weighted by molar-refractivity contribution is 6.30. The van der Waals surface area contributed by atoms with Crippen molar-refractivity contribution < 1.29 is 14.3 Å². The number of hydrogen-bond acceptors (Lipinski definition) is 4. The van der Waals surface area contributed by atoms with Crippen molar-refractivity contribution in [1.82, 2.24) is 9.78 Å². The van der Waals surface area contributed by atoms with Crippen LogP contribution >= 0.6 is 11.6 Å². The third-order valence-electron chi connectivity index (χ3n) is 4.19. The molecule has 0 aliphatic heterocycles. The van der Waals surface area contributed by atoms with Crippen molar-refractivity contribution in [1.29, 1.82) is 0 Å². The fraction of sp³-hybridized carbons (Fsp3) is 0.136. The maximum atomic E-state index is 12.0. The zero-order valence-electron chi connectivity index (χ0n) is 16.1. The van der Waals surface area contributed by atoms with E-state index in [9.17, 15) is 9.59 Å². The third-order valence-corrected chi connectivity index (χ3v) is 4.42. The molecule has 0 atom stereocenters. The third kappa shape index (κ3) is 5.33. The monoisotopic (exact) mass is 409 g/mol. The van der Waals surface area contributed by atoms with Crippen molar-refractivity contribution in [2.45, 2.75) is 13.8 Å². The summed E-state index contributed by atoms with van der Waals surface area (Å²) in [7, 11) is 0. The minimum atomic E-state index is -0.613. The molecule has 148 valence electrons. The number of aromatic nitrogens is 2. The van der Waals surface area contributed by atoms with Crippen LogP contribution in [0.2, 0.25) is 5.02 Å². The van der Waals surface area contributed by atoms with Gasteiger partial charge in [-0.1, -0.05) is 35.9 Å². The van der Waals surface area contributed by atoms with Crippen LogP contribution < -0.4 is 5.32 Å². The highest BCUT2D eigenvalue weighted by Crippen LogP contribution is 2.19. The molecule has 0 aliphatic rings. The number of carbonyl (C=O) groups excluding carboxylic acids is 2. The zero-order valence-corrected chi connectivity index (χ0v) is 16.8. The normalized spacial score (nSPS) is 10.9. The van der Waals surface area contributed by atoms with Crippen molar-refractivity contribution in [2.24, 2.45) is 0 Å². The van der Waals surface area contributed by atoms with Gasteiger partial charge in [0.05, 0.1) is 11.4 Å². The summed E-state index contributed by atoms with van der Waals surface area (Å²) in [5, 5.41) is 7.64. The number of halogens is 1. The largest absolute Gasteiger partial charge is 0.452 e. The second-order valence-electron chi connectivity index (χ2n) is 6.33. The molecule has 1 amide bonds. The summed E-state index contributed by atoms with van der Waals surface area (Å²) in [6.07, 6.45) is 2.94. The number of para-hydroxylation sites is 1. The van der Waals surface area contributed by atoms with Gasteiger partial charge in [-0.25, -0.2) is 9.48 Å². The fourth-order valence-corrected chi connectivity index (χ4v) is 3.01. The molecule has 0 spiro atoms. The summed E-state index contributed by atoms with van der Waals surface area (Å²) < 4.78 is 6.82. The van der Waals surface area contributed by atoms with Crippen LogP contribution in [0.25, 0.3) is 11.8 Å². The molecule has 1 aromatic heterocycles. The second kappa shape index (κ2) is 9.21. The average molecular weight is 410 g/mol. The van der Waals surface area contributed by atoms with Gasteiger partial charge in [0.2, 0.25) is 0 Å². The standard InChI is InChI=1S/C22H20ClN3O3/c1-15-20(16(2)26(25-15)19-9-4-3-5-10-19)11-12-22(28)29-14-21(27)24-18-8-6-7-17(23)13-18/h3-13H,14H2,1-2H3,(H,24,27)/b12-11+. The number of hydrogen-bond donors (Lipinski definition) is 1. The minimum absolute atomic E-state index is 0.392. The highest BCUT2D eigenvalue weighted by atomic mass is 35.5. The lowest BCUT2D eigenvalue weighted by atomic mass is 10.2. The Morgan fingerprint density at radius 3 is 2.62 bits per heavy atom. The van der Waals surface area contributed by atoms with Crippen LogP contribution in [0.1, 0.15) is 17.0 Å². The molecular weight excluding hydrogens is 390 g/mol. The van der Waals surface area contributed by atoms with Crippen molar-refractivity contribution in [3.8, 4) is 5.69 Å². The van der Waals surface area contributed by atoms with Gasteiger partial charge in [0, 0.05) is 28.0 Å². The first-order valence-corrected chi connectivity index (χ1v) is 9.34. The van der Waals surface area contributed by atoms with Gasteiger partial charge in [-0.15, -0.1) is 0 Å². The summed E-state index contributed by atoms with van der Waals surface area (Å²) in [5.41, 5.74) is 3.99. The molecule has 0 saturated heterocycles. The number of nitrogens with zero attached hydrogens (tertiary/aromatic N) is 2. The maximum absolute atomic E-state index is 12.0. The fourth-order valence-electron chi connectivity index (χ4n) is 2.82. The lowest BCUT2D eigenvalue weighted by Gasteiger charge is -2.05. The van der Waals surface area contributed by atoms with E-state index in [4.69, 9.17) is 16.3 Å². The molecule has 0 unspecified atom stereocenters. The summed E-state index contributed by atoms with van der Waals surface area (Å²) >= 11 is 5.87. The second-order valence-corrected chi connectivity index (χ2v) is 6.77. The number of esters is 1. The molecule has 29 heavy (non-hydrogen) atoms. The number of amides is 1. The van der Waals surface area contributed by atoms with Gasteiger partial charge in [0.1, 0.15) is 0 Å².